The van der Waals surface area contributed by atoms with Gasteiger partial charge < -0.3 is 0 Å². The Labute approximate surface area is 120 Å². The van der Waals surface area contributed by atoms with Crippen LogP contribution in [0.4, 0.5) is 0 Å². The van der Waals surface area contributed by atoms with Gasteiger partial charge in [-0.15, -0.1) is 0 Å². The van der Waals surface area contributed by atoms with Gasteiger partial charge >= 0.3 is 0 Å². The predicted octanol–water partition coefficient (Wildman–Crippen LogP) is 3.11. The zero-order chi connectivity index (χ0) is 13.7. The summed E-state index contributed by atoms with van der Waals surface area (Å²) in [5.41, 5.74) is 2.19. The van der Waals surface area contributed by atoms with Crippen molar-refractivity contribution in [3.63, 3.8) is 0 Å². The van der Waals surface area contributed by atoms with Gasteiger partial charge in [-0.3, -0.25) is 9.48 Å². The van der Waals surface area contributed by atoms with E-state index in [0.717, 1.165) is 30.8 Å². The Morgan fingerprint density at radius 2 is 2.16 bits per heavy atom. The lowest BCUT2D eigenvalue weighted by Gasteiger charge is -2.20. The maximum atomic E-state index is 12.2. The van der Waals surface area contributed by atoms with Crippen LogP contribution < -0.4 is 0 Å². The Balaban J connectivity index is 1.92. The monoisotopic (exact) mass is 280 g/mol. The van der Waals surface area contributed by atoms with E-state index in [1.807, 2.05) is 16.4 Å². The van der Waals surface area contributed by atoms with Crippen molar-refractivity contribution in [3.05, 3.63) is 17.5 Å². The molecular formula is C15H24N2OS. The Bertz CT molecular complexity index is 422. The van der Waals surface area contributed by atoms with Crippen LogP contribution in [0.2, 0.25) is 0 Å². The smallest absolute Gasteiger partial charge is 0.139 e. The third kappa shape index (κ3) is 4.10. The molecule has 106 valence electrons. The van der Waals surface area contributed by atoms with Crippen LogP contribution in [0.3, 0.4) is 0 Å². The van der Waals surface area contributed by atoms with Gasteiger partial charge in [0.2, 0.25) is 0 Å². The SMILES string of the molecule is CCc1cc(CC(=O)CC2CCSCC2)n(CC)n1. The van der Waals surface area contributed by atoms with E-state index in [0.29, 0.717) is 18.1 Å². The normalized spacial score (nSPS) is 16.7. The summed E-state index contributed by atoms with van der Waals surface area (Å²) in [4.78, 5) is 12.2. The number of hydrogen-bond donors (Lipinski definition) is 0. The molecule has 1 fully saturated rings. The molecule has 4 heteroatoms. The molecule has 0 aromatic carbocycles. The lowest BCUT2D eigenvalue weighted by molar-refractivity contribution is -0.119. The summed E-state index contributed by atoms with van der Waals surface area (Å²) in [5.74, 6) is 3.46. The fourth-order valence-corrected chi connectivity index (χ4v) is 3.85. The first-order chi connectivity index (χ1) is 9.22. The van der Waals surface area contributed by atoms with Crippen molar-refractivity contribution in [3.8, 4) is 0 Å². The van der Waals surface area contributed by atoms with Crippen molar-refractivity contribution < 1.29 is 4.79 Å². The van der Waals surface area contributed by atoms with Crippen LogP contribution in [0.5, 0.6) is 0 Å². The number of thioether (sulfide) groups is 1. The average Bonchev–Trinajstić information content (AvgIpc) is 2.82. The predicted molar refractivity (Wildman–Crippen MR) is 80.7 cm³/mol. The van der Waals surface area contributed by atoms with Crippen LogP contribution in [0.1, 0.15) is 44.5 Å². The number of aromatic nitrogens is 2. The minimum Gasteiger partial charge on any atom is -0.299 e. The topological polar surface area (TPSA) is 34.9 Å². The third-order valence-corrected chi connectivity index (χ3v) is 4.86. The van der Waals surface area contributed by atoms with E-state index in [1.54, 1.807) is 0 Å². The quantitative estimate of drug-likeness (QED) is 0.803. The van der Waals surface area contributed by atoms with E-state index in [4.69, 9.17) is 0 Å². The Kier molecular flexibility index (Phi) is 5.49. The van der Waals surface area contributed by atoms with E-state index < -0.39 is 0 Å². The van der Waals surface area contributed by atoms with Gasteiger partial charge in [-0.05, 0) is 49.7 Å². The molecule has 1 aromatic heterocycles. The van der Waals surface area contributed by atoms with Gasteiger partial charge in [-0.2, -0.15) is 16.9 Å². The Morgan fingerprint density at radius 3 is 2.79 bits per heavy atom. The molecule has 1 aliphatic heterocycles. The summed E-state index contributed by atoms with van der Waals surface area (Å²) >= 11 is 2.02. The highest BCUT2D eigenvalue weighted by Gasteiger charge is 2.18. The lowest BCUT2D eigenvalue weighted by atomic mass is 9.95. The number of Topliss-reactive ketones (excluding diaryl/α,β-unsaturated/α-hetero) is 1. The molecule has 2 heterocycles. The van der Waals surface area contributed by atoms with Gasteiger partial charge in [0.25, 0.3) is 0 Å². The van der Waals surface area contributed by atoms with Gasteiger partial charge in [0, 0.05) is 25.1 Å². The van der Waals surface area contributed by atoms with Crippen molar-refractivity contribution in [1.82, 2.24) is 9.78 Å². The molecular weight excluding hydrogens is 256 g/mol. The first kappa shape index (κ1) is 14.6. The number of hydrogen-bond acceptors (Lipinski definition) is 3. The number of rotatable bonds is 6. The van der Waals surface area contributed by atoms with Crippen LogP contribution in [0, 0.1) is 5.92 Å². The zero-order valence-electron chi connectivity index (χ0n) is 12.0. The second-order valence-corrected chi connectivity index (χ2v) is 6.50. The standard InChI is InChI=1S/C15H24N2OS/c1-3-13-10-14(17(4-2)16-13)11-15(18)9-12-5-7-19-8-6-12/h10,12H,3-9,11H2,1-2H3. The highest BCUT2D eigenvalue weighted by atomic mass is 32.2. The van der Waals surface area contributed by atoms with E-state index in [9.17, 15) is 4.79 Å². The molecule has 0 amide bonds. The largest absolute Gasteiger partial charge is 0.299 e. The number of aryl methyl sites for hydroxylation is 2. The second-order valence-electron chi connectivity index (χ2n) is 5.27. The van der Waals surface area contributed by atoms with Crippen molar-refractivity contribution in [2.75, 3.05) is 11.5 Å². The summed E-state index contributed by atoms with van der Waals surface area (Å²) in [5, 5.41) is 4.51. The molecule has 0 N–H and O–H groups in total. The molecule has 1 saturated heterocycles. The summed E-state index contributed by atoms with van der Waals surface area (Å²) in [6.07, 6.45) is 4.68. The number of ketones is 1. The van der Waals surface area contributed by atoms with E-state index in [-0.39, 0.29) is 0 Å². The maximum Gasteiger partial charge on any atom is 0.139 e. The second kappa shape index (κ2) is 7.13. The summed E-state index contributed by atoms with van der Waals surface area (Å²) in [6, 6.07) is 2.10. The molecule has 0 saturated carbocycles. The molecule has 2 rings (SSSR count). The number of nitrogens with zero attached hydrogens (tertiary/aromatic N) is 2. The van der Waals surface area contributed by atoms with Crippen molar-refractivity contribution in [2.24, 2.45) is 5.92 Å². The Morgan fingerprint density at radius 1 is 1.42 bits per heavy atom. The van der Waals surface area contributed by atoms with E-state index >= 15 is 0 Å². The highest BCUT2D eigenvalue weighted by molar-refractivity contribution is 7.99. The molecule has 3 nitrogen and oxygen atoms in total. The van der Waals surface area contributed by atoms with Gasteiger partial charge in [0.1, 0.15) is 5.78 Å². The van der Waals surface area contributed by atoms with Crippen LogP contribution in [0.25, 0.3) is 0 Å². The maximum absolute atomic E-state index is 12.2. The van der Waals surface area contributed by atoms with Gasteiger partial charge in [-0.25, -0.2) is 0 Å². The first-order valence-electron chi connectivity index (χ1n) is 7.38. The molecule has 0 unspecified atom stereocenters. The third-order valence-electron chi connectivity index (χ3n) is 3.81. The van der Waals surface area contributed by atoms with E-state index in [1.165, 1.54) is 24.3 Å². The molecule has 0 spiro atoms. The minimum absolute atomic E-state index is 0.383. The molecule has 0 atom stereocenters. The van der Waals surface area contributed by atoms with Crippen LogP contribution >= 0.6 is 11.8 Å². The summed E-state index contributed by atoms with van der Waals surface area (Å²) in [7, 11) is 0. The van der Waals surface area contributed by atoms with Crippen LogP contribution in [-0.4, -0.2) is 27.1 Å². The van der Waals surface area contributed by atoms with Crippen molar-refractivity contribution in [1.29, 1.82) is 0 Å². The molecule has 1 aliphatic rings. The Hall–Kier alpha value is -0.770. The molecule has 0 bridgehead atoms. The molecule has 19 heavy (non-hydrogen) atoms. The fourth-order valence-electron chi connectivity index (χ4n) is 2.65. The number of carbonyl (C=O) groups is 1. The van der Waals surface area contributed by atoms with Crippen molar-refractivity contribution in [2.45, 2.75) is 52.5 Å². The summed E-state index contributed by atoms with van der Waals surface area (Å²) in [6.45, 7) is 5.04. The molecule has 0 radical (unpaired) electrons. The van der Waals surface area contributed by atoms with Crippen molar-refractivity contribution >= 4 is 17.5 Å². The highest BCUT2D eigenvalue weighted by Crippen LogP contribution is 2.25. The van der Waals surface area contributed by atoms with E-state index in [2.05, 4.69) is 25.0 Å². The first-order valence-corrected chi connectivity index (χ1v) is 8.53. The minimum atomic E-state index is 0.383. The van der Waals surface area contributed by atoms with Crippen LogP contribution in [-0.2, 0) is 24.2 Å². The fraction of sp³-hybridized carbons (Fsp3) is 0.733. The lowest BCUT2D eigenvalue weighted by Crippen LogP contribution is -2.17. The molecule has 1 aromatic rings. The zero-order valence-corrected chi connectivity index (χ0v) is 12.8. The number of carbonyl (C=O) groups excluding carboxylic acids is 1. The van der Waals surface area contributed by atoms with Gasteiger partial charge in [0.15, 0.2) is 0 Å². The average molecular weight is 280 g/mol. The summed E-state index contributed by atoms with van der Waals surface area (Å²) < 4.78 is 1.98. The van der Waals surface area contributed by atoms with Gasteiger partial charge in [-0.1, -0.05) is 6.92 Å². The molecule has 0 aliphatic carbocycles. The van der Waals surface area contributed by atoms with Gasteiger partial charge in [0.05, 0.1) is 5.69 Å². The van der Waals surface area contributed by atoms with Crippen LogP contribution in [0.15, 0.2) is 6.07 Å².